The minimum atomic E-state index is -0.424. The summed E-state index contributed by atoms with van der Waals surface area (Å²) in [6.45, 7) is 29.0. The quantitative estimate of drug-likeness (QED) is 0.0161. The van der Waals surface area contributed by atoms with E-state index < -0.39 is 23.9 Å². The lowest BCUT2D eigenvalue weighted by Gasteiger charge is -2.27. The highest BCUT2D eigenvalue weighted by atomic mass is 16.6. The normalized spacial score (nSPS) is 10.9. The summed E-state index contributed by atoms with van der Waals surface area (Å²) in [5.41, 5.74) is 16.2. The maximum absolute atomic E-state index is 11.8. The summed E-state index contributed by atoms with van der Waals surface area (Å²) in [7, 11) is 0. The van der Waals surface area contributed by atoms with Gasteiger partial charge in [0.1, 0.15) is 26.4 Å². The summed E-state index contributed by atoms with van der Waals surface area (Å²) < 4.78 is 43.8. The van der Waals surface area contributed by atoms with Gasteiger partial charge in [0, 0.05) is 56.4 Å². The van der Waals surface area contributed by atoms with Crippen molar-refractivity contribution in [2.24, 2.45) is 0 Å². The third kappa shape index (κ3) is 20.5. The van der Waals surface area contributed by atoms with E-state index in [4.69, 9.17) is 37.9 Å². The van der Waals surface area contributed by atoms with Gasteiger partial charge < -0.3 is 47.7 Å². The summed E-state index contributed by atoms with van der Waals surface area (Å²) in [4.78, 5) is 51.5. The number of esters is 4. The summed E-state index contributed by atoms with van der Waals surface area (Å²) >= 11 is 0. The highest BCUT2D eigenvalue weighted by Crippen LogP contribution is 2.39. The van der Waals surface area contributed by atoms with Crippen molar-refractivity contribution in [2.45, 2.75) is 67.2 Å². The van der Waals surface area contributed by atoms with Crippen LogP contribution in [0.4, 0.5) is 34.1 Å². The van der Waals surface area contributed by atoms with Gasteiger partial charge in [-0.05, 0) is 185 Å². The van der Waals surface area contributed by atoms with Gasteiger partial charge in [-0.3, -0.25) is 0 Å². The Kier molecular flexibility index (Phi) is 25.9. The lowest BCUT2D eigenvalue weighted by molar-refractivity contribution is -0.141. The summed E-state index contributed by atoms with van der Waals surface area (Å²) in [6.07, 6.45) is 2.78. The van der Waals surface area contributed by atoms with E-state index in [0.29, 0.717) is 101 Å². The van der Waals surface area contributed by atoms with E-state index in [1.54, 1.807) is 27.7 Å². The second kappa shape index (κ2) is 33.6. The van der Waals surface area contributed by atoms with Crippen molar-refractivity contribution < 1.29 is 57.1 Å². The highest BCUT2D eigenvalue weighted by Gasteiger charge is 2.18. The van der Waals surface area contributed by atoms with Crippen LogP contribution in [-0.4, -0.2) is 103 Å². The van der Waals surface area contributed by atoms with Crippen molar-refractivity contribution in [1.82, 2.24) is 0 Å². The Hall–Kier alpha value is -8.40. The van der Waals surface area contributed by atoms with Gasteiger partial charge in [0.05, 0.1) is 52.9 Å². The van der Waals surface area contributed by atoms with Gasteiger partial charge in [-0.15, -0.1) is 0 Å². The molecule has 0 aliphatic heterocycles. The van der Waals surface area contributed by atoms with Gasteiger partial charge in [-0.2, -0.15) is 0 Å². The van der Waals surface area contributed by atoms with Crippen LogP contribution >= 0.6 is 0 Å². The van der Waals surface area contributed by atoms with E-state index in [1.807, 2.05) is 0 Å². The maximum atomic E-state index is 11.8. The van der Waals surface area contributed by atoms with E-state index in [0.717, 1.165) is 78.6 Å². The number of aryl methyl sites for hydroxylation is 2. The van der Waals surface area contributed by atoms with Crippen LogP contribution < -0.4 is 9.80 Å². The Labute approximate surface area is 495 Å². The van der Waals surface area contributed by atoms with E-state index in [2.05, 4.69) is 183 Å². The maximum Gasteiger partial charge on any atom is 0.333 e. The molecule has 0 unspecified atom stereocenters. The van der Waals surface area contributed by atoms with E-state index in [-0.39, 0.29) is 26.4 Å². The lowest BCUT2D eigenvalue weighted by Crippen LogP contribution is -2.13. The molecule has 6 rings (SSSR count). The summed E-state index contributed by atoms with van der Waals surface area (Å²) in [5, 5.41) is 0. The van der Waals surface area contributed by atoms with Crippen molar-refractivity contribution in [3.8, 4) is 11.1 Å². The number of ether oxygens (including phenoxy) is 8. The van der Waals surface area contributed by atoms with Crippen LogP contribution in [0.15, 0.2) is 182 Å². The minimum Gasteiger partial charge on any atom is -0.460 e. The summed E-state index contributed by atoms with van der Waals surface area (Å²) in [6, 6.07) is 47.1. The minimum absolute atomic E-state index is 0.171. The molecule has 84 heavy (non-hydrogen) atoms. The average Bonchev–Trinajstić information content (AvgIpc) is 3.10. The predicted octanol–water partition coefficient (Wildman–Crippen LogP) is 13.6. The van der Waals surface area contributed by atoms with Crippen LogP contribution in [0.2, 0.25) is 0 Å². The Morgan fingerprint density at radius 1 is 0.321 bits per heavy atom. The first-order valence-corrected chi connectivity index (χ1v) is 28.3. The number of carbonyl (C=O) groups excluding carboxylic acids is 4. The molecule has 14 nitrogen and oxygen atoms in total. The molecule has 0 amide bonds. The Balaban J connectivity index is 1.20. The van der Waals surface area contributed by atoms with Crippen LogP contribution in [-0.2, 0) is 82.8 Å². The van der Waals surface area contributed by atoms with Gasteiger partial charge in [0.2, 0.25) is 0 Å². The topological polar surface area (TPSA) is 149 Å². The first-order chi connectivity index (χ1) is 40.5. The molecule has 0 aliphatic rings. The molecule has 6 aromatic carbocycles. The third-order valence-electron chi connectivity index (χ3n) is 13.5. The van der Waals surface area contributed by atoms with Gasteiger partial charge >= 0.3 is 23.9 Å². The van der Waals surface area contributed by atoms with E-state index >= 15 is 0 Å². The average molecular weight is 1140 g/mol. The number of benzene rings is 6. The molecule has 442 valence electrons. The smallest absolute Gasteiger partial charge is 0.333 e. The molecule has 6 aromatic rings. The number of rotatable bonds is 35. The molecule has 0 atom stereocenters. The van der Waals surface area contributed by atoms with Gasteiger partial charge in [0.15, 0.2) is 0 Å². The molecule has 0 N–H and O–H groups in total. The molecule has 0 radical (unpaired) electrons. The van der Waals surface area contributed by atoms with E-state index in [1.165, 1.54) is 0 Å². The second-order valence-corrected chi connectivity index (χ2v) is 20.4. The van der Waals surface area contributed by atoms with Gasteiger partial charge in [-0.25, -0.2) is 19.2 Å². The Morgan fingerprint density at radius 3 is 0.833 bits per heavy atom. The zero-order valence-electron chi connectivity index (χ0n) is 49.6. The largest absolute Gasteiger partial charge is 0.460 e. The molecule has 0 heterocycles. The van der Waals surface area contributed by atoms with Crippen LogP contribution in [0, 0.1) is 13.8 Å². The fraction of sp³-hybridized carbons (Fsp3) is 0.314. The number of nitrogens with zero attached hydrogens (tertiary/aromatic N) is 2. The first-order valence-electron chi connectivity index (χ1n) is 28.3. The SMILES string of the molecule is C=C(C)C(=O)OCCOCCc1ccc(N(c2ccc(-c3ccc(N(c4ccc(CCOCCOC(=O)C(=C)C)cc4)c4ccc(CCOCCOC(=O)C(=C)C)c(C)c4)cc3)cc2)c2ccc(CCOCCOC(=O)C(=C)C)c(C)c2)cc1. The van der Waals surface area contributed by atoms with Crippen molar-refractivity contribution in [3.05, 3.63) is 215 Å². The molecule has 0 fully saturated rings. The molecular formula is C70H80N2O12. The fourth-order valence-electron chi connectivity index (χ4n) is 8.74. The molecule has 0 aromatic heterocycles. The van der Waals surface area contributed by atoms with Crippen molar-refractivity contribution >= 4 is 58.0 Å². The molecule has 0 aliphatic carbocycles. The molecule has 0 saturated carbocycles. The molecule has 14 heteroatoms. The third-order valence-corrected chi connectivity index (χ3v) is 13.5. The van der Waals surface area contributed by atoms with Crippen molar-refractivity contribution in [2.75, 3.05) is 89.1 Å². The molecular weight excluding hydrogens is 1060 g/mol. The number of hydrogen-bond acceptors (Lipinski definition) is 14. The standard InChI is InChI=1S/C70H80N2O12/c1-49(2)67(73)81-43-39-77-35-31-55-11-21-61(22-12-55)71(65-29-15-57(53(9)47-65)33-37-79-41-45-83-69(75)51(5)6)63-25-17-59(18-26-63)60-19-27-64(28-20-60)72(62-23-13-56(14-24-62)32-36-78-40-44-82-68(74)50(3)4)66-30-16-58(54(10)48-66)34-38-80-42-46-84-70(76)52(7)8/h11-30,47-48H,1,3,5,7,31-46H2,2,4,6,8-10H3. The van der Waals surface area contributed by atoms with Crippen LogP contribution in [0.1, 0.15) is 61.1 Å². The predicted molar refractivity (Wildman–Crippen MR) is 332 cm³/mol. The van der Waals surface area contributed by atoms with Crippen LogP contribution in [0.25, 0.3) is 11.1 Å². The lowest BCUT2D eigenvalue weighted by atomic mass is 10.0. The Bertz CT molecular complexity index is 2970. The number of carbonyl (C=O) groups is 4. The van der Waals surface area contributed by atoms with Crippen LogP contribution in [0.5, 0.6) is 0 Å². The van der Waals surface area contributed by atoms with Gasteiger partial charge in [-0.1, -0.05) is 87.0 Å². The first kappa shape index (κ1) is 64.8. The second-order valence-electron chi connectivity index (χ2n) is 20.4. The zero-order valence-corrected chi connectivity index (χ0v) is 49.6. The zero-order chi connectivity index (χ0) is 60.4. The Morgan fingerprint density at radius 2 is 0.571 bits per heavy atom. The number of anilines is 6. The van der Waals surface area contributed by atoms with Gasteiger partial charge in [0.25, 0.3) is 0 Å². The van der Waals surface area contributed by atoms with Crippen molar-refractivity contribution in [1.29, 1.82) is 0 Å². The molecule has 0 saturated heterocycles. The summed E-state index contributed by atoms with van der Waals surface area (Å²) in [5.74, 6) is -1.70. The fourth-order valence-corrected chi connectivity index (χ4v) is 8.74. The molecule has 0 bridgehead atoms. The monoisotopic (exact) mass is 1140 g/mol. The van der Waals surface area contributed by atoms with Crippen LogP contribution in [0.3, 0.4) is 0 Å². The number of hydrogen-bond donors (Lipinski definition) is 0. The van der Waals surface area contributed by atoms with Crippen molar-refractivity contribution in [3.63, 3.8) is 0 Å². The van der Waals surface area contributed by atoms with E-state index in [9.17, 15) is 19.2 Å². The highest BCUT2D eigenvalue weighted by molar-refractivity contribution is 5.88. The molecule has 0 spiro atoms.